The first-order chi connectivity index (χ1) is 12.7. The fraction of sp³-hybridized carbons (Fsp3) is 0.773. The minimum absolute atomic E-state index is 0.0378. The van der Waals surface area contributed by atoms with Crippen LogP contribution in [0.25, 0.3) is 0 Å². The highest BCUT2D eigenvalue weighted by atomic mass is 16.7. The molecular weight excluding hydrogens is 328 g/mol. The molecule has 0 rings (SSSR count). The first-order valence-electron chi connectivity index (χ1n) is 10.1. The molecule has 0 fully saturated rings. The van der Waals surface area contributed by atoms with E-state index in [1.807, 2.05) is 0 Å². The zero-order valence-corrected chi connectivity index (χ0v) is 16.6. The Morgan fingerprint density at radius 3 is 1.69 bits per heavy atom. The van der Waals surface area contributed by atoms with E-state index in [9.17, 15) is 4.79 Å². The summed E-state index contributed by atoms with van der Waals surface area (Å²) in [6, 6.07) is 0. The first kappa shape index (κ1) is 24.5. The third-order valence-electron chi connectivity index (χ3n) is 3.72. The Morgan fingerprint density at radius 1 is 0.808 bits per heavy atom. The molecule has 4 nitrogen and oxygen atoms in total. The number of hydrogen-bond donors (Lipinski definition) is 1. The minimum Gasteiger partial charge on any atom is -0.481 e. The van der Waals surface area contributed by atoms with Gasteiger partial charge in [0.2, 0.25) is 0 Å². The molecule has 0 saturated carbocycles. The van der Waals surface area contributed by atoms with E-state index in [0.29, 0.717) is 32.5 Å². The normalized spacial score (nSPS) is 10.1. The Bertz CT molecular complexity index is 416. The summed E-state index contributed by atoms with van der Waals surface area (Å²) >= 11 is 0. The number of carboxylic acid groups (broad SMARTS) is 1. The number of hydrogen-bond acceptors (Lipinski definition) is 3. The Kier molecular flexibility index (Phi) is 18.7. The molecule has 0 bridgehead atoms. The molecule has 0 saturated heterocycles. The van der Waals surface area contributed by atoms with Crippen LogP contribution in [0.15, 0.2) is 0 Å². The summed E-state index contributed by atoms with van der Waals surface area (Å²) in [6.07, 6.45) is 10.2. The van der Waals surface area contributed by atoms with E-state index >= 15 is 0 Å². The summed E-state index contributed by atoms with van der Waals surface area (Å²) in [6.45, 7) is 5.29. The standard InChI is InChI=1S/C22H36O4/c1-3-5-7-9-11-13-15-19-25-22(18-17-21(23)24)26-20-16-14-12-10-8-6-4-2/h22H,3-10,15-20H2,1-2H3,(H,23,24). The predicted octanol–water partition coefficient (Wildman–Crippen LogP) is 5.16. The summed E-state index contributed by atoms with van der Waals surface area (Å²) in [5.74, 6) is 11.6. The molecule has 0 aromatic rings. The molecule has 4 heteroatoms. The van der Waals surface area contributed by atoms with Crippen molar-refractivity contribution in [3.05, 3.63) is 0 Å². The highest BCUT2D eigenvalue weighted by molar-refractivity contribution is 5.66. The number of aliphatic carboxylic acids is 1. The van der Waals surface area contributed by atoms with Gasteiger partial charge in [0.1, 0.15) is 0 Å². The summed E-state index contributed by atoms with van der Waals surface area (Å²) in [4.78, 5) is 10.8. The van der Waals surface area contributed by atoms with Gasteiger partial charge in [-0.2, -0.15) is 0 Å². The van der Waals surface area contributed by atoms with Crippen molar-refractivity contribution >= 4 is 5.97 Å². The third kappa shape index (κ3) is 18.8. The molecule has 148 valence electrons. The van der Waals surface area contributed by atoms with Gasteiger partial charge in [-0.15, -0.1) is 23.7 Å². The maximum atomic E-state index is 10.8. The number of ether oxygens (including phenoxy) is 2. The van der Waals surface area contributed by atoms with Crippen molar-refractivity contribution < 1.29 is 19.4 Å². The predicted molar refractivity (Wildman–Crippen MR) is 106 cm³/mol. The number of carbonyl (C=O) groups is 1. The second-order valence-electron chi connectivity index (χ2n) is 6.22. The van der Waals surface area contributed by atoms with Crippen molar-refractivity contribution in [1.29, 1.82) is 0 Å². The SMILES string of the molecule is CCCCCC#CCCOC(CCC(=O)O)OCCC#CCCCCC. The average Bonchev–Trinajstić information content (AvgIpc) is 2.63. The molecule has 0 radical (unpaired) electrons. The van der Waals surface area contributed by atoms with Crippen molar-refractivity contribution in [2.24, 2.45) is 0 Å². The molecule has 26 heavy (non-hydrogen) atoms. The van der Waals surface area contributed by atoms with Crippen LogP contribution in [0.5, 0.6) is 0 Å². The van der Waals surface area contributed by atoms with Gasteiger partial charge in [0.25, 0.3) is 0 Å². The first-order valence-corrected chi connectivity index (χ1v) is 10.1. The monoisotopic (exact) mass is 364 g/mol. The summed E-state index contributed by atoms with van der Waals surface area (Å²) in [5, 5.41) is 8.83. The number of unbranched alkanes of at least 4 members (excludes halogenated alkanes) is 6. The average molecular weight is 365 g/mol. The van der Waals surface area contributed by atoms with E-state index in [1.54, 1.807) is 0 Å². The Labute approximate surface area is 160 Å². The van der Waals surface area contributed by atoms with Crippen LogP contribution >= 0.6 is 0 Å². The van der Waals surface area contributed by atoms with Crippen LogP contribution in [0, 0.1) is 23.7 Å². The van der Waals surface area contributed by atoms with E-state index in [4.69, 9.17) is 14.6 Å². The molecule has 0 unspecified atom stereocenters. The molecule has 0 aromatic heterocycles. The lowest BCUT2D eigenvalue weighted by Crippen LogP contribution is -2.20. The quantitative estimate of drug-likeness (QED) is 0.248. The largest absolute Gasteiger partial charge is 0.481 e. The number of rotatable bonds is 15. The van der Waals surface area contributed by atoms with Crippen LogP contribution < -0.4 is 0 Å². The van der Waals surface area contributed by atoms with E-state index in [1.165, 1.54) is 25.7 Å². The van der Waals surface area contributed by atoms with E-state index in [2.05, 4.69) is 37.5 Å². The van der Waals surface area contributed by atoms with Crippen LogP contribution in [0.4, 0.5) is 0 Å². The highest BCUT2D eigenvalue weighted by Crippen LogP contribution is 2.06. The molecule has 0 heterocycles. The maximum Gasteiger partial charge on any atom is 0.303 e. The summed E-state index contributed by atoms with van der Waals surface area (Å²) in [7, 11) is 0. The molecule has 1 N–H and O–H groups in total. The van der Waals surface area contributed by atoms with Gasteiger partial charge in [-0.1, -0.05) is 39.5 Å². The van der Waals surface area contributed by atoms with Gasteiger partial charge >= 0.3 is 5.97 Å². The number of carboxylic acids is 1. The fourth-order valence-corrected chi connectivity index (χ4v) is 2.22. The Hall–Kier alpha value is -1.49. The topological polar surface area (TPSA) is 55.8 Å². The summed E-state index contributed by atoms with van der Waals surface area (Å²) in [5.41, 5.74) is 0. The second-order valence-corrected chi connectivity index (χ2v) is 6.22. The lowest BCUT2D eigenvalue weighted by Gasteiger charge is -2.16. The van der Waals surface area contributed by atoms with Crippen molar-refractivity contribution in [3.8, 4) is 23.7 Å². The lowest BCUT2D eigenvalue weighted by atomic mass is 10.2. The van der Waals surface area contributed by atoms with Gasteiger partial charge in [-0.25, -0.2) is 0 Å². The molecule has 0 aromatic carbocycles. The van der Waals surface area contributed by atoms with E-state index in [-0.39, 0.29) is 6.42 Å². The fourth-order valence-electron chi connectivity index (χ4n) is 2.22. The van der Waals surface area contributed by atoms with Crippen molar-refractivity contribution in [2.45, 2.75) is 97.2 Å². The lowest BCUT2D eigenvalue weighted by molar-refractivity contribution is -0.154. The Morgan fingerprint density at radius 2 is 1.27 bits per heavy atom. The zero-order chi connectivity index (χ0) is 19.3. The van der Waals surface area contributed by atoms with Gasteiger partial charge in [0, 0.05) is 32.1 Å². The van der Waals surface area contributed by atoms with Gasteiger partial charge in [0.15, 0.2) is 6.29 Å². The molecule has 0 atom stereocenters. The van der Waals surface area contributed by atoms with Crippen molar-refractivity contribution in [2.75, 3.05) is 13.2 Å². The zero-order valence-electron chi connectivity index (χ0n) is 16.6. The summed E-state index contributed by atoms with van der Waals surface area (Å²) < 4.78 is 11.3. The van der Waals surface area contributed by atoms with Gasteiger partial charge < -0.3 is 14.6 Å². The van der Waals surface area contributed by atoms with Crippen molar-refractivity contribution in [1.82, 2.24) is 0 Å². The molecule has 0 amide bonds. The van der Waals surface area contributed by atoms with Crippen LogP contribution in [-0.4, -0.2) is 30.6 Å². The molecular formula is C22H36O4. The third-order valence-corrected chi connectivity index (χ3v) is 3.72. The Balaban J connectivity index is 3.94. The van der Waals surface area contributed by atoms with Crippen LogP contribution in [0.2, 0.25) is 0 Å². The van der Waals surface area contributed by atoms with Crippen LogP contribution in [-0.2, 0) is 14.3 Å². The molecule has 0 aliphatic heterocycles. The van der Waals surface area contributed by atoms with Gasteiger partial charge in [-0.05, 0) is 12.8 Å². The highest BCUT2D eigenvalue weighted by Gasteiger charge is 2.11. The van der Waals surface area contributed by atoms with Gasteiger partial charge in [0.05, 0.1) is 19.6 Å². The maximum absolute atomic E-state index is 10.8. The minimum atomic E-state index is -0.839. The van der Waals surface area contributed by atoms with Crippen LogP contribution in [0.1, 0.15) is 90.9 Å². The molecule has 0 spiro atoms. The van der Waals surface area contributed by atoms with Crippen LogP contribution in [0.3, 0.4) is 0 Å². The van der Waals surface area contributed by atoms with Crippen molar-refractivity contribution in [3.63, 3.8) is 0 Å². The van der Waals surface area contributed by atoms with E-state index in [0.717, 1.165) is 25.7 Å². The second kappa shape index (κ2) is 19.8. The molecule has 0 aliphatic rings. The van der Waals surface area contributed by atoms with Gasteiger partial charge in [-0.3, -0.25) is 4.79 Å². The molecule has 0 aliphatic carbocycles. The smallest absolute Gasteiger partial charge is 0.303 e. The van der Waals surface area contributed by atoms with E-state index < -0.39 is 12.3 Å².